The molecule has 10 heteroatoms. The lowest BCUT2D eigenvalue weighted by Crippen LogP contribution is -2.55. The van der Waals surface area contributed by atoms with Crippen LogP contribution in [-0.2, 0) is 10.3 Å². The zero-order chi connectivity index (χ0) is 17.5. The molecule has 2 heterocycles. The molecule has 2 aliphatic heterocycles. The number of aliphatic imine (C=N–C) groups is 1. The number of hydrogen-bond acceptors (Lipinski definition) is 5. The number of hydrogen-bond donors (Lipinski definition) is 3. The highest BCUT2D eigenvalue weighted by Crippen LogP contribution is 2.49. The number of fused-ring (bicyclic) bond motifs is 1. The Balaban J connectivity index is 2.12. The predicted molar refractivity (Wildman–Crippen MR) is 95.2 cm³/mol. The summed E-state index contributed by atoms with van der Waals surface area (Å²) in [6, 6.07) is 3.40. The van der Waals surface area contributed by atoms with E-state index in [1.54, 1.807) is 0 Å². The van der Waals surface area contributed by atoms with Crippen molar-refractivity contribution in [3.05, 3.63) is 35.4 Å². The summed E-state index contributed by atoms with van der Waals surface area (Å²) in [4.78, 5) is 4.63. The van der Waals surface area contributed by atoms with Crippen molar-refractivity contribution in [2.45, 2.75) is 23.2 Å². The van der Waals surface area contributed by atoms with E-state index in [0.29, 0.717) is 11.6 Å². The summed E-state index contributed by atoms with van der Waals surface area (Å²) < 4.78 is 33.5. The van der Waals surface area contributed by atoms with Crippen LogP contribution in [0.4, 0.5) is 8.78 Å². The largest absolute Gasteiger partial charge is 0.385 e. The number of benzene rings is 1. The van der Waals surface area contributed by atoms with E-state index in [-0.39, 0.29) is 23.9 Å². The number of thioether (sulfide) groups is 1. The number of rotatable bonds is 2. The van der Waals surface area contributed by atoms with E-state index in [1.807, 2.05) is 0 Å². The third kappa shape index (κ3) is 2.93. The van der Waals surface area contributed by atoms with Crippen LogP contribution in [0.1, 0.15) is 12.0 Å². The standard InChI is InChI=1S/C14H16BF2N4OPS/c15-11-8-4-10(12(18)19)22-5-14(8,20-13(21-23)24-11)7-2-1-6(16)3-9(7)17/h1-3,8,10-11H,4-5,23H2,(H3,18,19)(H,20,21)/t8-,10+,11-,14+/m0/s1. The highest BCUT2D eigenvalue weighted by Gasteiger charge is 2.52. The van der Waals surface area contributed by atoms with Gasteiger partial charge in [-0.2, -0.15) is 0 Å². The number of halogens is 2. The minimum absolute atomic E-state index is 0.00850. The Morgan fingerprint density at radius 2 is 2.29 bits per heavy atom. The van der Waals surface area contributed by atoms with Gasteiger partial charge in [-0.3, -0.25) is 5.41 Å². The molecule has 1 aromatic rings. The SMILES string of the molecule is [B][C@H]1SC(NP)=N[C@@]2(c3ccc(F)cc3F)CO[C@@H](C(=N)N)C[C@@H]12. The fourth-order valence-electron chi connectivity index (χ4n) is 3.23. The molecule has 5 nitrogen and oxygen atoms in total. The van der Waals surface area contributed by atoms with Gasteiger partial charge in [0, 0.05) is 11.6 Å². The first-order chi connectivity index (χ1) is 11.4. The Labute approximate surface area is 146 Å². The van der Waals surface area contributed by atoms with Crippen LogP contribution in [0.5, 0.6) is 0 Å². The smallest absolute Gasteiger partial charge is 0.159 e. The number of nitrogens with two attached hydrogens (primary N) is 1. The summed E-state index contributed by atoms with van der Waals surface area (Å²) in [5, 5.41) is 10.6. The molecule has 0 amide bonds. The number of nitrogens with zero attached hydrogens (tertiary/aromatic N) is 1. The molecule has 126 valence electrons. The third-order valence-corrected chi connectivity index (χ3v) is 5.91. The van der Waals surface area contributed by atoms with Gasteiger partial charge in [-0.15, -0.1) is 0 Å². The van der Waals surface area contributed by atoms with Crippen LogP contribution in [0, 0.1) is 23.0 Å². The van der Waals surface area contributed by atoms with E-state index < -0.39 is 28.4 Å². The van der Waals surface area contributed by atoms with Gasteiger partial charge in [0.1, 0.15) is 29.1 Å². The molecule has 5 atom stereocenters. The van der Waals surface area contributed by atoms with E-state index in [4.69, 9.17) is 23.7 Å². The van der Waals surface area contributed by atoms with Gasteiger partial charge in [-0.1, -0.05) is 17.8 Å². The molecule has 1 saturated heterocycles. The molecule has 0 aliphatic carbocycles. The van der Waals surface area contributed by atoms with E-state index in [1.165, 1.54) is 23.9 Å². The van der Waals surface area contributed by atoms with Gasteiger partial charge in [0.25, 0.3) is 0 Å². The summed E-state index contributed by atoms with van der Waals surface area (Å²) >= 11 is 1.32. The van der Waals surface area contributed by atoms with E-state index in [2.05, 4.69) is 19.5 Å². The molecule has 0 spiro atoms. The quantitative estimate of drug-likeness (QED) is 0.320. The predicted octanol–water partition coefficient (Wildman–Crippen LogP) is 1.48. The second-order valence-electron chi connectivity index (χ2n) is 5.79. The second-order valence-corrected chi connectivity index (χ2v) is 7.24. The average Bonchev–Trinajstić information content (AvgIpc) is 2.53. The summed E-state index contributed by atoms with van der Waals surface area (Å²) in [5.74, 6) is -1.77. The number of nitrogens with one attached hydrogen (secondary N) is 2. The number of ether oxygens (including phenoxy) is 1. The van der Waals surface area contributed by atoms with Crippen LogP contribution in [0.15, 0.2) is 23.2 Å². The highest BCUT2D eigenvalue weighted by atomic mass is 32.2. The molecule has 2 radical (unpaired) electrons. The Kier molecular flexibility index (Phi) is 4.86. The van der Waals surface area contributed by atoms with Crippen molar-refractivity contribution in [2.75, 3.05) is 6.61 Å². The average molecular weight is 368 g/mol. The molecule has 24 heavy (non-hydrogen) atoms. The summed E-state index contributed by atoms with van der Waals surface area (Å²) in [6.45, 7) is 0.00850. The molecule has 0 aromatic heterocycles. The van der Waals surface area contributed by atoms with Crippen LogP contribution in [0.3, 0.4) is 0 Å². The Morgan fingerprint density at radius 1 is 1.54 bits per heavy atom. The molecule has 0 saturated carbocycles. The lowest BCUT2D eigenvalue weighted by molar-refractivity contribution is -0.0288. The van der Waals surface area contributed by atoms with E-state index in [0.717, 1.165) is 6.07 Å². The fraction of sp³-hybridized carbons (Fsp3) is 0.429. The van der Waals surface area contributed by atoms with Crippen molar-refractivity contribution in [1.82, 2.24) is 5.09 Å². The summed E-state index contributed by atoms with van der Waals surface area (Å²) in [6.07, 6.45) is -0.243. The van der Waals surface area contributed by atoms with Crippen molar-refractivity contribution in [3.63, 3.8) is 0 Å². The molecular formula is C14H16BF2N4OPS. The fourth-order valence-corrected chi connectivity index (χ4v) is 4.54. The molecule has 1 unspecified atom stereocenters. The van der Waals surface area contributed by atoms with Crippen LogP contribution in [0.2, 0.25) is 0 Å². The van der Waals surface area contributed by atoms with E-state index in [9.17, 15) is 8.78 Å². The monoisotopic (exact) mass is 368 g/mol. The molecule has 0 bridgehead atoms. The molecule has 1 aromatic carbocycles. The molecule has 4 N–H and O–H groups in total. The van der Waals surface area contributed by atoms with Gasteiger partial charge in [0.05, 0.1) is 14.5 Å². The van der Waals surface area contributed by atoms with Gasteiger partial charge in [-0.25, -0.2) is 13.8 Å². The zero-order valence-corrected chi connectivity index (χ0v) is 14.6. The maximum absolute atomic E-state index is 14.5. The first kappa shape index (κ1) is 17.6. The van der Waals surface area contributed by atoms with Crippen molar-refractivity contribution in [2.24, 2.45) is 16.6 Å². The maximum atomic E-state index is 14.5. The van der Waals surface area contributed by atoms with Crippen molar-refractivity contribution in [3.8, 4) is 0 Å². The molecular weight excluding hydrogens is 352 g/mol. The topological polar surface area (TPSA) is 83.5 Å². The second kappa shape index (κ2) is 6.62. The highest BCUT2D eigenvalue weighted by molar-refractivity contribution is 8.15. The Morgan fingerprint density at radius 3 is 2.92 bits per heavy atom. The maximum Gasteiger partial charge on any atom is 0.159 e. The lowest BCUT2D eigenvalue weighted by Gasteiger charge is -2.49. The first-order valence-electron chi connectivity index (χ1n) is 7.27. The molecule has 1 fully saturated rings. The third-order valence-electron chi connectivity index (χ3n) is 4.40. The number of amidine groups is 2. The van der Waals surface area contributed by atoms with Gasteiger partial charge < -0.3 is 15.6 Å². The minimum Gasteiger partial charge on any atom is -0.385 e. The molecule has 3 rings (SSSR count). The zero-order valence-electron chi connectivity index (χ0n) is 12.6. The van der Waals surface area contributed by atoms with Gasteiger partial charge in [0.15, 0.2) is 5.17 Å². The van der Waals surface area contributed by atoms with Crippen LogP contribution >= 0.6 is 21.2 Å². The van der Waals surface area contributed by atoms with Gasteiger partial charge in [-0.05, 0) is 32.9 Å². The summed E-state index contributed by atoms with van der Waals surface area (Å²) in [7, 11) is 8.62. The van der Waals surface area contributed by atoms with Crippen molar-refractivity contribution >= 4 is 40.0 Å². The van der Waals surface area contributed by atoms with Gasteiger partial charge >= 0.3 is 0 Å². The normalized spacial score (nSPS) is 32.6. The van der Waals surface area contributed by atoms with Crippen LogP contribution < -0.4 is 10.8 Å². The van der Waals surface area contributed by atoms with Crippen LogP contribution in [-0.4, -0.2) is 36.7 Å². The summed E-state index contributed by atoms with van der Waals surface area (Å²) in [5.41, 5.74) is 4.69. The minimum atomic E-state index is -1.09. The first-order valence-corrected chi connectivity index (χ1v) is 8.73. The van der Waals surface area contributed by atoms with Gasteiger partial charge in [0.2, 0.25) is 0 Å². The van der Waals surface area contributed by atoms with Crippen LogP contribution in [0.25, 0.3) is 0 Å². The lowest BCUT2D eigenvalue weighted by atomic mass is 9.68. The Hall–Kier alpha value is -1.18. The molecule has 2 aliphatic rings. The van der Waals surface area contributed by atoms with Crippen molar-refractivity contribution in [1.29, 1.82) is 5.41 Å². The van der Waals surface area contributed by atoms with Crippen molar-refractivity contribution < 1.29 is 13.5 Å². The Bertz CT molecular complexity index is 709. The van der Waals surface area contributed by atoms with E-state index >= 15 is 0 Å².